The topological polar surface area (TPSA) is 43.8 Å². The zero-order chi connectivity index (χ0) is 12.4. The Kier molecular flexibility index (Phi) is 3.19. The van der Waals surface area contributed by atoms with E-state index in [9.17, 15) is 8.78 Å². The van der Waals surface area contributed by atoms with E-state index in [1.54, 1.807) is 11.7 Å². The number of nitrogens with two attached hydrogens (primary N) is 1. The molecule has 0 spiro atoms. The van der Waals surface area contributed by atoms with Crippen molar-refractivity contribution >= 4 is 0 Å². The molecule has 2 rings (SSSR count). The minimum absolute atomic E-state index is 0.508. The van der Waals surface area contributed by atoms with Crippen LogP contribution < -0.4 is 5.73 Å². The van der Waals surface area contributed by atoms with E-state index in [0.29, 0.717) is 18.5 Å². The maximum Gasteiger partial charge on any atom is 0.159 e. The molecule has 0 atom stereocenters. The van der Waals surface area contributed by atoms with E-state index >= 15 is 0 Å². The first kappa shape index (κ1) is 11.7. The lowest BCUT2D eigenvalue weighted by Gasteiger charge is -2.02. The lowest BCUT2D eigenvalue weighted by atomic mass is 10.1. The van der Waals surface area contributed by atoms with Crippen LogP contribution in [0.15, 0.2) is 24.3 Å². The number of aryl methyl sites for hydroxylation is 1. The van der Waals surface area contributed by atoms with Crippen molar-refractivity contribution in [3.05, 3.63) is 41.6 Å². The molecule has 0 saturated carbocycles. The van der Waals surface area contributed by atoms with E-state index in [0.717, 1.165) is 17.5 Å². The van der Waals surface area contributed by atoms with E-state index < -0.39 is 11.6 Å². The number of hydrogen-bond donors (Lipinski definition) is 1. The van der Waals surface area contributed by atoms with Crippen molar-refractivity contribution in [1.29, 1.82) is 0 Å². The highest BCUT2D eigenvalue weighted by Crippen LogP contribution is 2.22. The first-order valence-electron chi connectivity index (χ1n) is 5.30. The lowest BCUT2D eigenvalue weighted by Crippen LogP contribution is -2.03. The van der Waals surface area contributed by atoms with E-state index in [4.69, 9.17) is 5.73 Å². The number of rotatable bonds is 3. The predicted molar refractivity (Wildman–Crippen MR) is 61.3 cm³/mol. The van der Waals surface area contributed by atoms with E-state index in [1.165, 1.54) is 12.1 Å². The van der Waals surface area contributed by atoms with E-state index in [-0.39, 0.29) is 0 Å². The predicted octanol–water partition coefficient (Wildman–Crippen LogP) is 1.87. The van der Waals surface area contributed by atoms with Gasteiger partial charge in [-0.15, -0.1) is 0 Å². The van der Waals surface area contributed by atoms with Crippen molar-refractivity contribution < 1.29 is 8.78 Å². The van der Waals surface area contributed by atoms with Gasteiger partial charge in [-0.2, -0.15) is 5.10 Å². The van der Waals surface area contributed by atoms with Crippen LogP contribution in [0.4, 0.5) is 8.78 Å². The average molecular weight is 237 g/mol. The molecule has 2 N–H and O–H groups in total. The molecule has 17 heavy (non-hydrogen) atoms. The number of halogens is 2. The summed E-state index contributed by atoms with van der Waals surface area (Å²) in [4.78, 5) is 0. The summed E-state index contributed by atoms with van der Waals surface area (Å²) in [5, 5.41) is 4.25. The molecule has 2 aromatic rings. The largest absolute Gasteiger partial charge is 0.330 e. The van der Waals surface area contributed by atoms with Gasteiger partial charge in [0.1, 0.15) is 0 Å². The molecule has 0 unspecified atom stereocenters. The third-order valence-corrected chi connectivity index (χ3v) is 2.55. The number of benzene rings is 1. The Morgan fingerprint density at radius 3 is 2.65 bits per heavy atom. The Bertz CT molecular complexity index is 535. The highest BCUT2D eigenvalue weighted by atomic mass is 19.2. The van der Waals surface area contributed by atoms with Crippen LogP contribution in [-0.2, 0) is 13.5 Å². The second-order valence-electron chi connectivity index (χ2n) is 3.81. The Balaban J connectivity index is 2.41. The van der Waals surface area contributed by atoms with E-state index in [1.807, 2.05) is 6.07 Å². The summed E-state index contributed by atoms with van der Waals surface area (Å²) in [6.45, 7) is 0.508. The summed E-state index contributed by atoms with van der Waals surface area (Å²) in [5.74, 6) is -1.71. The van der Waals surface area contributed by atoms with Crippen molar-refractivity contribution in [2.45, 2.75) is 6.42 Å². The quantitative estimate of drug-likeness (QED) is 0.885. The smallest absolute Gasteiger partial charge is 0.159 e. The molecule has 3 nitrogen and oxygen atoms in total. The number of nitrogens with zero attached hydrogens (tertiary/aromatic N) is 2. The molecule has 0 saturated heterocycles. The molecule has 5 heteroatoms. The average Bonchev–Trinajstić information content (AvgIpc) is 2.64. The maximum absolute atomic E-state index is 13.1. The molecule has 1 aromatic carbocycles. The van der Waals surface area contributed by atoms with Gasteiger partial charge in [-0.3, -0.25) is 4.68 Å². The number of aromatic nitrogens is 2. The van der Waals surface area contributed by atoms with Gasteiger partial charge in [-0.25, -0.2) is 8.78 Å². The van der Waals surface area contributed by atoms with Gasteiger partial charge in [0, 0.05) is 19.0 Å². The summed E-state index contributed by atoms with van der Waals surface area (Å²) in [5.41, 5.74) is 7.63. The molecular weight excluding hydrogens is 224 g/mol. The zero-order valence-corrected chi connectivity index (χ0v) is 9.45. The molecule has 90 valence electrons. The fraction of sp³-hybridized carbons (Fsp3) is 0.250. The highest BCUT2D eigenvalue weighted by Gasteiger charge is 2.09. The zero-order valence-electron chi connectivity index (χ0n) is 9.45. The van der Waals surface area contributed by atoms with Gasteiger partial charge in [-0.1, -0.05) is 0 Å². The Morgan fingerprint density at radius 2 is 2.00 bits per heavy atom. The first-order chi connectivity index (χ1) is 8.11. The molecular formula is C12H13F2N3. The van der Waals surface area contributed by atoms with Crippen LogP contribution in [0.1, 0.15) is 5.69 Å². The van der Waals surface area contributed by atoms with Crippen LogP contribution in [0.5, 0.6) is 0 Å². The van der Waals surface area contributed by atoms with Gasteiger partial charge >= 0.3 is 0 Å². The van der Waals surface area contributed by atoms with Crippen LogP contribution in [0.25, 0.3) is 11.3 Å². The van der Waals surface area contributed by atoms with Crippen molar-refractivity contribution in [1.82, 2.24) is 9.78 Å². The van der Waals surface area contributed by atoms with Crippen LogP contribution in [0, 0.1) is 11.6 Å². The van der Waals surface area contributed by atoms with Crippen LogP contribution in [-0.4, -0.2) is 16.3 Å². The third kappa shape index (κ3) is 2.34. The van der Waals surface area contributed by atoms with Crippen LogP contribution in [0.2, 0.25) is 0 Å². The first-order valence-corrected chi connectivity index (χ1v) is 5.30. The van der Waals surface area contributed by atoms with Gasteiger partial charge in [0.15, 0.2) is 11.6 Å². The summed E-state index contributed by atoms with van der Waals surface area (Å²) in [6, 6.07) is 5.64. The lowest BCUT2D eigenvalue weighted by molar-refractivity contribution is 0.509. The summed E-state index contributed by atoms with van der Waals surface area (Å²) in [6.07, 6.45) is 0.664. The second kappa shape index (κ2) is 4.63. The number of hydrogen-bond acceptors (Lipinski definition) is 2. The monoisotopic (exact) mass is 237 g/mol. The molecule has 1 aromatic heterocycles. The van der Waals surface area contributed by atoms with Gasteiger partial charge in [0.2, 0.25) is 0 Å². The van der Waals surface area contributed by atoms with Crippen molar-refractivity contribution in [3.8, 4) is 11.3 Å². The maximum atomic E-state index is 13.1. The summed E-state index contributed by atoms with van der Waals surface area (Å²) in [7, 11) is 1.76. The molecule has 0 bridgehead atoms. The molecule has 1 heterocycles. The summed E-state index contributed by atoms with van der Waals surface area (Å²) < 4.78 is 27.6. The molecule has 0 radical (unpaired) electrons. The fourth-order valence-electron chi connectivity index (χ4n) is 1.72. The van der Waals surface area contributed by atoms with Crippen molar-refractivity contribution in [3.63, 3.8) is 0 Å². The molecule has 0 amide bonds. The van der Waals surface area contributed by atoms with Gasteiger partial charge < -0.3 is 5.73 Å². The molecule has 0 aliphatic heterocycles. The molecule has 0 aliphatic carbocycles. The van der Waals surface area contributed by atoms with E-state index in [2.05, 4.69) is 5.10 Å². The van der Waals surface area contributed by atoms with Crippen LogP contribution in [0.3, 0.4) is 0 Å². The third-order valence-electron chi connectivity index (χ3n) is 2.55. The van der Waals surface area contributed by atoms with Gasteiger partial charge in [-0.05, 0) is 30.8 Å². The van der Waals surface area contributed by atoms with Gasteiger partial charge in [0.25, 0.3) is 0 Å². The Hall–Kier alpha value is -1.75. The van der Waals surface area contributed by atoms with Gasteiger partial charge in [0.05, 0.1) is 11.4 Å². The normalized spacial score (nSPS) is 10.8. The minimum Gasteiger partial charge on any atom is -0.330 e. The highest BCUT2D eigenvalue weighted by molar-refractivity contribution is 5.60. The SMILES string of the molecule is Cn1nc(CCN)cc1-c1ccc(F)c(F)c1. The second-order valence-corrected chi connectivity index (χ2v) is 3.81. The molecule has 0 fully saturated rings. The fourth-order valence-corrected chi connectivity index (χ4v) is 1.72. The molecule has 0 aliphatic rings. The summed E-state index contributed by atoms with van der Waals surface area (Å²) >= 11 is 0. The minimum atomic E-state index is -0.857. The van der Waals surface area contributed by atoms with Crippen LogP contribution >= 0.6 is 0 Å². The Labute approximate surface area is 97.9 Å². The van der Waals surface area contributed by atoms with Crippen molar-refractivity contribution in [2.24, 2.45) is 12.8 Å². The standard InChI is InChI=1S/C12H13F2N3/c1-17-12(7-9(16-17)4-5-15)8-2-3-10(13)11(14)6-8/h2-3,6-7H,4-5,15H2,1H3. The Morgan fingerprint density at radius 1 is 1.24 bits per heavy atom. The van der Waals surface area contributed by atoms with Crippen molar-refractivity contribution in [2.75, 3.05) is 6.54 Å².